The molecule has 0 radical (unpaired) electrons. The van der Waals surface area contributed by atoms with E-state index in [-0.39, 0.29) is 5.56 Å². The van der Waals surface area contributed by atoms with Crippen molar-refractivity contribution in [1.29, 1.82) is 0 Å². The summed E-state index contributed by atoms with van der Waals surface area (Å²) in [5.41, 5.74) is 5.81. The van der Waals surface area contributed by atoms with E-state index in [1.54, 1.807) is 0 Å². The SMILES string of the molecule is C=C[C@H](N)c1ccc(F)cc1C(=O)O. The van der Waals surface area contributed by atoms with Gasteiger partial charge in [-0.15, -0.1) is 6.58 Å². The van der Waals surface area contributed by atoms with Crippen molar-refractivity contribution < 1.29 is 14.3 Å². The first-order valence-electron chi connectivity index (χ1n) is 3.97. The molecule has 4 heteroatoms. The average Bonchev–Trinajstić information content (AvgIpc) is 2.16. The number of hydrogen-bond acceptors (Lipinski definition) is 2. The molecular weight excluding hydrogens is 185 g/mol. The zero-order chi connectivity index (χ0) is 10.7. The molecule has 0 aliphatic carbocycles. The van der Waals surface area contributed by atoms with Crippen LogP contribution in [0.3, 0.4) is 0 Å². The Morgan fingerprint density at radius 3 is 2.79 bits per heavy atom. The molecule has 1 atom stereocenters. The van der Waals surface area contributed by atoms with Gasteiger partial charge in [-0.2, -0.15) is 0 Å². The summed E-state index contributed by atoms with van der Waals surface area (Å²) in [6, 6.07) is 2.87. The largest absolute Gasteiger partial charge is 0.478 e. The Labute approximate surface area is 80.7 Å². The van der Waals surface area contributed by atoms with Gasteiger partial charge in [-0.1, -0.05) is 12.1 Å². The highest BCUT2D eigenvalue weighted by molar-refractivity contribution is 5.89. The Morgan fingerprint density at radius 2 is 2.29 bits per heavy atom. The van der Waals surface area contributed by atoms with E-state index in [1.165, 1.54) is 18.2 Å². The lowest BCUT2D eigenvalue weighted by molar-refractivity contribution is 0.0695. The van der Waals surface area contributed by atoms with Crippen LogP contribution in [0, 0.1) is 5.82 Å². The van der Waals surface area contributed by atoms with Gasteiger partial charge in [-0.25, -0.2) is 9.18 Å². The molecule has 74 valence electrons. The summed E-state index contributed by atoms with van der Waals surface area (Å²) in [6.45, 7) is 3.45. The topological polar surface area (TPSA) is 63.3 Å². The van der Waals surface area contributed by atoms with Gasteiger partial charge in [0.05, 0.1) is 5.56 Å². The molecule has 0 aliphatic rings. The maximum absolute atomic E-state index is 12.7. The Hall–Kier alpha value is -1.68. The lowest BCUT2D eigenvalue weighted by Crippen LogP contribution is -2.12. The second-order valence-corrected chi connectivity index (χ2v) is 2.80. The molecular formula is C10H10FNO2. The number of rotatable bonds is 3. The Balaban J connectivity index is 3.28. The fraction of sp³-hybridized carbons (Fsp3) is 0.100. The number of carboxylic acids is 1. The van der Waals surface area contributed by atoms with Crippen LogP contribution in [0.2, 0.25) is 0 Å². The van der Waals surface area contributed by atoms with Gasteiger partial charge in [0.15, 0.2) is 0 Å². The van der Waals surface area contributed by atoms with Gasteiger partial charge in [-0.3, -0.25) is 0 Å². The molecule has 0 amide bonds. The van der Waals surface area contributed by atoms with Gasteiger partial charge in [0.1, 0.15) is 5.82 Å². The van der Waals surface area contributed by atoms with Crippen LogP contribution in [0.1, 0.15) is 22.0 Å². The molecule has 0 bridgehead atoms. The van der Waals surface area contributed by atoms with E-state index in [4.69, 9.17) is 10.8 Å². The zero-order valence-corrected chi connectivity index (χ0v) is 7.40. The van der Waals surface area contributed by atoms with Gasteiger partial charge >= 0.3 is 5.97 Å². The fourth-order valence-corrected chi connectivity index (χ4v) is 1.13. The smallest absolute Gasteiger partial charge is 0.336 e. The molecule has 3 N–H and O–H groups in total. The highest BCUT2D eigenvalue weighted by atomic mass is 19.1. The summed E-state index contributed by atoms with van der Waals surface area (Å²) in [5.74, 6) is -1.79. The first kappa shape index (κ1) is 10.4. The normalized spacial score (nSPS) is 12.1. The van der Waals surface area contributed by atoms with Crippen molar-refractivity contribution in [3.63, 3.8) is 0 Å². The summed E-state index contributed by atoms with van der Waals surface area (Å²) >= 11 is 0. The summed E-state index contributed by atoms with van der Waals surface area (Å²) in [5, 5.41) is 8.78. The minimum Gasteiger partial charge on any atom is -0.478 e. The maximum atomic E-state index is 12.7. The number of benzene rings is 1. The molecule has 0 fully saturated rings. The maximum Gasteiger partial charge on any atom is 0.336 e. The van der Waals surface area contributed by atoms with Crippen molar-refractivity contribution in [3.05, 3.63) is 47.8 Å². The second-order valence-electron chi connectivity index (χ2n) is 2.80. The number of carbonyl (C=O) groups is 1. The number of aromatic carboxylic acids is 1. The van der Waals surface area contributed by atoms with Gasteiger partial charge in [-0.05, 0) is 17.7 Å². The predicted octanol–water partition coefficient (Wildman–Crippen LogP) is 1.71. The molecule has 3 nitrogen and oxygen atoms in total. The van der Waals surface area contributed by atoms with Crippen LogP contribution in [0.4, 0.5) is 4.39 Å². The Bertz CT molecular complexity index is 376. The van der Waals surface area contributed by atoms with Crippen molar-refractivity contribution in [2.24, 2.45) is 5.73 Å². The van der Waals surface area contributed by atoms with Crippen LogP contribution in [-0.2, 0) is 0 Å². The third kappa shape index (κ3) is 1.97. The third-order valence-electron chi connectivity index (χ3n) is 1.86. The zero-order valence-electron chi connectivity index (χ0n) is 7.40. The standard InChI is InChI=1S/C10H10FNO2/c1-2-9(12)7-4-3-6(11)5-8(7)10(13)14/h2-5,9H,1,12H2,(H,13,14)/t9-/m0/s1. The third-order valence-corrected chi connectivity index (χ3v) is 1.86. The Morgan fingerprint density at radius 1 is 1.64 bits per heavy atom. The van der Waals surface area contributed by atoms with Gasteiger partial charge in [0.25, 0.3) is 0 Å². The molecule has 0 spiro atoms. The van der Waals surface area contributed by atoms with Crippen molar-refractivity contribution in [2.45, 2.75) is 6.04 Å². The minimum atomic E-state index is -1.20. The summed E-state index contributed by atoms with van der Waals surface area (Å²) in [4.78, 5) is 10.7. The number of nitrogens with two attached hydrogens (primary N) is 1. The Kier molecular flexibility index (Phi) is 2.99. The van der Waals surface area contributed by atoms with Crippen molar-refractivity contribution >= 4 is 5.97 Å². The van der Waals surface area contributed by atoms with Crippen LogP contribution in [0.25, 0.3) is 0 Å². The van der Waals surface area contributed by atoms with Crippen molar-refractivity contribution in [3.8, 4) is 0 Å². The average molecular weight is 195 g/mol. The molecule has 0 saturated carbocycles. The quantitative estimate of drug-likeness (QED) is 0.721. The lowest BCUT2D eigenvalue weighted by atomic mass is 10.0. The van der Waals surface area contributed by atoms with Gasteiger partial charge < -0.3 is 10.8 Å². The van der Waals surface area contributed by atoms with E-state index < -0.39 is 17.8 Å². The van der Waals surface area contributed by atoms with Crippen LogP contribution in [-0.4, -0.2) is 11.1 Å². The van der Waals surface area contributed by atoms with Crippen molar-refractivity contribution in [2.75, 3.05) is 0 Å². The molecule has 1 aromatic carbocycles. The van der Waals surface area contributed by atoms with Crippen molar-refractivity contribution in [1.82, 2.24) is 0 Å². The van der Waals surface area contributed by atoms with Crippen LogP contribution >= 0.6 is 0 Å². The highest BCUT2D eigenvalue weighted by Gasteiger charge is 2.14. The molecule has 0 aliphatic heterocycles. The molecule has 0 heterocycles. The summed E-state index contributed by atoms with van der Waals surface area (Å²) in [7, 11) is 0. The summed E-state index contributed by atoms with van der Waals surface area (Å²) < 4.78 is 12.7. The molecule has 14 heavy (non-hydrogen) atoms. The number of hydrogen-bond donors (Lipinski definition) is 2. The predicted molar refractivity (Wildman–Crippen MR) is 50.5 cm³/mol. The minimum absolute atomic E-state index is 0.127. The van der Waals surface area contributed by atoms with E-state index in [9.17, 15) is 9.18 Å². The van der Waals surface area contributed by atoms with Crippen LogP contribution in [0.15, 0.2) is 30.9 Å². The molecule has 1 rings (SSSR count). The van der Waals surface area contributed by atoms with E-state index in [1.807, 2.05) is 0 Å². The van der Waals surface area contributed by atoms with E-state index >= 15 is 0 Å². The second kappa shape index (κ2) is 4.02. The summed E-state index contributed by atoms with van der Waals surface area (Å²) in [6.07, 6.45) is 1.40. The first-order valence-corrected chi connectivity index (χ1v) is 3.97. The molecule has 0 unspecified atom stereocenters. The van der Waals surface area contributed by atoms with Gasteiger partial charge in [0, 0.05) is 6.04 Å². The van der Waals surface area contributed by atoms with Crippen LogP contribution in [0.5, 0.6) is 0 Å². The molecule has 0 saturated heterocycles. The fourth-order valence-electron chi connectivity index (χ4n) is 1.13. The molecule has 1 aromatic rings. The number of halogens is 1. The highest BCUT2D eigenvalue weighted by Crippen LogP contribution is 2.18. The molecule has 0 aromatic heterocycles. The van der Waals surface area contributed by atoms with Gasteiger partial charge in [0.2, 0.25) is 0 Å². The first-order chi connectivity index (χ1) is 6.56. The van der Waals surface area contributed by atoms with E-state index in [2.05, 4.69) is 6.58 Å². The lowest BCUT2D eigenvalue weighted by Gasteiger charge is -2.09. The van der Waals surface area contributed by atoms with Crippen LogP contribution < -0.4 is 5.73 Å². The number of carboxylic acid groups (broad SMARTS) is 1. The van der Waals surface area contributed by atoms with E-state index in [0.29, 0.717) is 5.56 Å². The monoisotopic (exact) mass is 195 g/mol. The van der Waals surface area contributed by atoms with E-state index in [0.717, 1.165) is 6.07 Å².